The van der Waals surface area contributed by atoms with Gasteiger partial charge in [0.05, 0.1) is 0 Å². The van der Waals surface area contributed by atoms with Crippen molar-refractivity contribution < 1.29 is 4.74 Å². The zero-order valence-electron chi connectivity index (χ0n) is 13.7. The van der Waals surface area contributed by atoms with E-state index in [1.807, 2.05) is 12.9 Å². The van der Waals surface area contributed by atoms with Crippen LogP contribution in [0.1, 0.15) is 18.9 Å². The zero-order chi connectivity index (χ0) is 17.2. The summed E-state index contributed by atoms with van der Waals surface area (Å²) < 4.78 is 8.91. The van der Waals surface area contributed by atoms with Gasteiger partial charge in [0.1, 0.15) is 0 Å². The molecular weight excluding hydrogens is 403 g/mol. The Kier molecular flexibility index (Phi) is 5.04. The van der Waals surface area contributed by atoms with Gasteiger partial charge in [0.2, 0.25) is 0 Å². The summed E-state index contributed by atoms with van der Waals surface area (Å²) in [5, 5.41) is 0.409. The molecule has 2 heterocycles. The van der Waals surface area contributed by atoms with Gasteiger partial charge in [-0.05, 0) is 0 Å². The Morgan fingerprint density at radius 1 is 1.20 bits per heavy atom. The first-order valence-corrected chi connectivity index (χ1v) is 10.4. The Balaban J connectivity index is 1.67. The van der Waals surface area contributed by atoms with Crippen molar-refractivity contribution >= 4 is 42.2 Å². The van der Waals surface area contributed by atoms with Crippen LogP contribution in [0.5, 0.6) is 0 Å². The number of ether oxygens (including phenoxy) is 1. The molecule has 1 saturated carbocycles. The molecule has 7 heteroatoms. The number of hydrogen-bond donors (Lipinski definition) is 0. The molecule has 2 aromatic heterocycles. The number of rotatable bonds is 5. The van der Waals surface area contributed by atoms with Gasteiger partial charge in [-0.1, -0.05) is 0 Å². The molecule has 1 radical (unpaired) electrons. The van der Waals surface area contributed by atoms with Crippen molar-refractivity contribution in [2.24, 2.45) is 5.92 Å². The molecule has 3 atom stereocenters. The fourth-order valence-electron chi connectivity index (χ4n) is 3.48. The zero-order valence-corrected chi connectivity index (χ0v) is 16.2. The first-order chi connectivity index (χ1) is 12.3. The number of methoxy groups -OCH3 is 1. The van der Waals surface area contributed by atoms with Crippen molar-refractivity contribution in [1.29, 1.82) is 0 Å². The molecule has 0 amide bonds. The van der Waals surface area contributed by atoms with Gasteiger partial charge >= 0.3 is 158 Å². The predicted octanol–water partition coefficient (Wildman–Crippen LogP) is 3.06. The second kappa shape index (κ2) is 7.42. The molecule has 1 aliphatic rings. The number of aromatic nitrogens is 4. The van der Waals surface area contributed by atoms with Gasteiger partial charge < -0.3 is 0 Å². The molecule has 1 aliphatic carbocycles. The summed E-state index contributed by atoms with van der Waals surface area (Å²) in [6.07, 6.45) is 5.51. The fourth-order valence-corrected chi connectivity index (χ4v) is 6.60. The maximum atomic E-state index is 6.17. The summed E-state index contributed by atoms with van der Waals surface area (Å²) in [5.41, 5.74) is 1.49. The van der Waals surface area contributed by atoms with E-state index in [9.17, 15) is 0 Å². The van der Waals surface area contributed by atoms with E-state index in [1.165, 1.54) is 10.8 Å². The Morgan fingerprint density at radius 2 is 2.04 bits per heavy atom. The Labute approximate surface area is 157 Å². The quantitative estimate of drug-likeness (QED) is 0.470. The van der Waals surface area contributed by atoms with Crippen molar-refractivity contribution in [2.75, 3.05) is 7.11 Å². The third-order valence-corrected chi connectivity index (χ3v) is 7.66. The summed E-state index contributed by atoms with van der Waals surface area (Å²) in [6.45, 7) is 1.97. The number of halogens is 1. The van der Waals surface area contributed by atoms with Gasteiger partial charge in [-0.25, -0.2) is 0 Å². The summed E-state index contributed by atoms with van der Waals surface area (Å²) in [6, 6.07) is 11.1. The number of benzene rings is 1. The fraction of sp³-hybridized carbons (Fsp3) is 0.333. The molecule has 4 rings (SSSR count). The molecule has 1 aromatic carbocycles. The SMILES string of the molecule is CO[CH]C1CC([Se]c2ccccc2)C(n2cnc3c(Cl)ncnc32)C1. The molecule has 25 heavy (non-hydrogen) atoms. The summed E-state index contributed by atoms with van der Waals surface area (Å²) in [4.78, 5) is 13.5. The first-order valence-electron chi connectivity index (χ1n) is 8.17. The van der Waals surface area contributed by atoms with Crippen LogP contribution in [0, 0.1) is 12.5 Å². The van der Waals surface area contributed by atoms with Crippen LogP contribution in [0.3, 0.4) is 0 Å². The molecule has 3 aromatic rings. The molecule has 0 aliphatic heterocycles. The number of fused-ring (bicyclic) bond motifs is 1. The molecule has 0 saturated heterocycles. The minimum atomic E-state index is 0.340. The van der Waals surface area contributed by atoms with E-state index in [4.69, 9.17) is 16.3 Å². The van der Waals surface area contributed by atoms with E-state index in [2.05, 4.69) is 49.9 Å². The van der Waals surface area contributed by atoms with Gasteiger partial charge in [-0.3, -0.25) is 0 Å². The Hall–Kier alpha value is -1.46. The molecule has 3 unspecified atom stereocenters. The first kappa shape index (κ1) is 17.0. The number of nitrogens with zero attached hydrogens (tertiary/aromatic N) is 4. The van der Waals surface area contributed by atoms with E-state index in [0.717, 1.165) is 18.5 Å². The van der Waals surface area contributed by atoms with E-state index in [-0.39, 0.29) is 0 Å². The molecular formula is C18H18ClN4OSe. The molecule has 0 bridgehead atoms. The topological polar surface area (TPSA) is 52.8 Å². The van der Waals surface area contributed by atoms with Crippen LogP contribution in [-0.2, 0) is 4.74 Å². The minimum absolute atomic E-state index is 0.340. The van der Waals surface area contributed by atoms with E-state index in [1.54, 1.807) is 7.11 Å². The van der Waals surface area contributed by atoms with Gasteiger partial charge in [0.25, 0.3) is 0 Å². The van der Waals surface area contributed by atoms with Crippen molar-refractivity contribution in [1.82, 2.24) is 19.5 Å². The molecule has 129 valence electrons. The number of imidazole rings is 1. The normalized spacial score (nSPS) is 23.4. The van der Waals surface area contributed by atoms with E-state index in [0.29, 0.717) is 42.4 Å². The maximum absolute atomic E-state index is 6.17. The van der Waals surface area contributed by atoms with Crippen LogP contribution in [0.15, 0.2) is 43.0 Å². The van der Waals surface area contributed by atoms with E-state index >= 15 is 0 Å². The van der Waals surface area contributed by atoms with Gasteiger partial charge in [0, 0.05) is 0 Å². The molecule has 0 N–H and O–H groups in total. The van der Waals surface area contributed by atoms with E-state index < -0.39 is 0 Å². The van der Waals surface area contributed by atoms with Gasteiger partial charge in [0.15, 0.2) is 0 Å². The second-order valence-corrected chi connectivity index (χ2v) is 9.24. The predicted molar refractivity (Wildman–Crippen MR) is 99.0 cm³/mol. The van der Waals surface area contributed by atoms with Crippen LogP contribution < -0.4 is 4.46 Å². The molecule has 1 fully saturated rings. The summed E-state index contributed by atoms with van der Waals surface area (Å²) >= 11 is 6.54. The van der Waals surface area contributed by atoms with Crippen LogP contribution in [0.4, 0.5) is 0 Å². The van der Waals surface area contributed by atoms with Gasteiger partial charge in [-0.15, -0.1) is 0 Å². The Morgan fingerprint density at radius 3 is 2.84 bits per heavy atom. The second-order valence-electron chi connectivity index (χ2n) is 6.13. The van der Waals surface area contributed by atoms with Crippen LogP contribution in [0.2, 0.25) is 9.97 Å². The monoisotopic (exact) mass is 421 g/mol. The Bertz CT molecular complexity index is 857. The summed E-state index contributed by atoms with van der Waals surface area (Å²) in [5.74, 6) is 0.445. The summed E-state index contributed by atoms with van der Waals surface area (Å²) in [7, 11) is 1.73. The average molecular weight is 421 g/mol. The van der Waals surface area contributed by atoms with Crippen molar-refractivity contribution in [2.45, 2.75) is 23.7 Å². The van der Waals surface area contributed by atoms with Crippen molar-refractivity contribution in [3.63, 3.8) is 0 Å². The van der Waals surface area contributed by atoms with Crippen LogP contribution in [0.25, 0.3) is 11.2 Å². The third kappa shape index (κ3) is 3.44. The van der Waals surface area contributed by atoms with Crippen molar-refractivity contribution in [3.05, 3.63) is 54.7 Å². The van der Waals surface area contributed by atoms with Crippen LogP contribution >= 0.6 is 11.6 Å². The number of hydrogen-bond acceptors (Lipinski definition) is 4. The van der Waals surface area contributed by atoms with Gasteiger partial charge in [-0.2, -0.15) is 0 Å². The average Bonchev–Trinajstić information content (AvgIpc) is 3.21. The molecule has 5 nitrogen and oxygen atoms in total. The third-order valence-electron chi connectivity index (χ3n) is 4.54. The van der Waals surface area contributed by atoms with Crippen LogP contribution in [-0.4, -0.2) is 41.6 Å². The standard InChI is InChI=1S/C18H18ClN4OSe/c1-24-9-12-7-14(15(8-12)25-13-5-3-2-4-6-13)23-11-22-16-17(19)20-10-21-18(16)23/h2-6,9-12,14-15H,7-8H2,1H3. The van der Waals surface area contributed by atoms with Crippen molar-refractivity contribution in [3.8, 4) is 0 Å². The molecule has 0 spiro atoms.